The fourth-order valence-corrected chi connectivity index (χ4v) is 3.02. The zero-order valence-electron chi connectivity index (χ0n) is 11.9. The highest BCUT2D eigenvalue weighted by molar-refractivity contribution is 5.96. The van der Waals surface area contributed by atoms with Crippen LogP contribution in [-0.4, -0.2) is 44.7 Å². The van der Waals surface area contributed by atoms with Crippen LogP contribution in [0, 0.1) is 11.3 Å². The molecule has 4 rings (SSSR count). The molecule has 2 aliphatic heterocycles. The van der Waals surface area contributed by atoms with E-state index in [1.807, 2.05) is 23.1 Å². The molecule has 22 heavy (non-hydrogen) atoms. The summed E-state index contributed by atoms with van der Waals surface area (Å²) in [5, 5.41) is 16.2. The summed E-state index contributed by atoms with van der Waals surface area (Å²) in [4.78, 5) is 18.9. The van der Waals surface area contributed by atoms with Gasteiger partial charge in [-0.3, -0.25) is 4.79 Å². The Bertz CT molecular complexity index is 784. The molecule has 1 atom stereocenters. The van der Waals surface area contributed by atoms with E-state index in [9.17, 15) is 4.79 Å². The molecular weight excluding hydrogens is 280 g/mol. The maximum atomic E-state index is 12.6. The molecule has 1 N–H and O–H groups in total. The highest BCUT2D eigenvalue weighted by Crippen LogP contribution is 2.26. The quantitative estimate of drug-likeness (QED) is 0.869. The first-order valence-electron chi connectivity index (χ1n) is 7.23. The van der Waals surface area contributed by atoms with E-state index in [-0.39, 0.29) is 11.9 Å². The minimum absolute atomic E-state index is 0.0155. The fourth-order valence-electron chi connectivity index (χ4n) is 3.02. The fraction of sp³-hybridized carbons (Fsp3) is 0.333. The van der Waals surface area contributed by atoms with Crippen LogP contribution in [0.15, 0.2) is 24.5 Å². The van der Waals surface area contributed by atoms with Crippen LogP contribution in [0.3, 0.4) is 0 Å². The molecule has 1 fully saturated rings. The lowest BCUT2D eigenvalue weighted by atomic mass is 10.2. The number of rotatable bonds is 2. The molecule has 2 aromatic heterocycles. The minimum atomic E-state index is -0.0155. The Balaban J connectivity index is 1.66. The molecule has 4 heterocycles. The molecule has 7 nitrogen and oxygen atoms in total. The van der Waals surface area contributed by atoms with Crippen molar-refractivity contribution in [1.29, 1.82) is 5.26 Å². The topological polar surface area (TPSA) is 86.8 Å². The molecule has 0 aromatic carbocycles. The molecule has 0 radical (unpaired) electrons. The molecule has 7 heteroatoms. The van der Waals surface area contributed by atoms with Gasteiger partial charge in [-0.05, 0) is 19.0 Å². The minimum Gasteiger partial charge on any atom is -0.329 e. The van der Waals surface area contributed by atoms with Gasteiger partial charge in [0.25, 0.3) is 5.91 Å². The van der Waals surface area contributed by atoms with Gasteiger partial charge in [-0.2, -0.15) is 10.4 Å². The van der Waals surface area contributed by atoms with E-state index in [4.69, 9.17) is 5.26 Å². The Hall–Kier alpha value is -2.72. The number of nitrogens with zero attached hydrogens (tertiary/aromatic N) is 5. The van der Waals surface area contributed by atoms with Crippen molar-refractivity contribution in [3.63, 3.8) is 0 Å². The van der Waals surface area contributed by atoms with Gasteiger partial charge >= 0.3 is 0 Å². The van der Waals surface area contributed by atoms with Crippen LogP contribution >= 0.6 is 0 Å². The predicted octanol–water partition coefficient (Wildman–Crippen LogP) is 0.457. The standard InChI is InChI=1S/C15H14N6O/c16-5-10-6-18-21(8-10)13-2-1-11-9-20(12-3-4-17-7-12)15(22)14(11)19-13/h1-2,6,8,12,17H,3-4,7,9H2/t12-/m1/s1. The highest BCUT2D eigenvalue weighted by Gasteiger charge is 2.35. The third kappa shape index (κ3) is 1.96. The summed E-state index contributed by atoms with van der Waals surface area (Å²) in [5.74, 6) is 0.540. The van der Waals surface area contributed by atoms with Crippen molar-refractivity contribution in [2.45, 2.75) is 19.0 Å². The van der Waals surface area contributed by atoms with E-state index < -0.39 is 0 Å². The summed E-state index contributed by atoms with van der Waals surface area (Å²) < 4.78 is 1.52. The Labute approximate surface area is 127 Å². The summed E-state index contributed by atoms with van der Waals surface area (Å²) >= 11 is 0. The van der Waals surface area contributed by atoms with Crippen molar-refractivity contribution in [2.75, 3.05) is 13.1 Å². The van der Waals surface area contributed by atoms with Gasteiger partial charge in [0.05, 0.1) is 18.0 Å². The summed E-state index contributed by atoms with van der Waals surface area (Å²) in [6.45, 7) is 2.42. The lowest BCUT2D eigenvalue weighted by Crippen LogP contribution is -2.37. The molecule has 0 spiro atoms. The van der Waals surface area contributed by atoms with Crippen molar-refractivity contribution in [3.8, 4) is 11.9 Å². The molecule has 1 amide bonds. The van der Waals surface area contributed by atoms with E-state index in [1.54, 1.807) is 6.20 Å². The molecule has 0 unspecified atom stereocenters. The highest BCUT2D eigenvalue weighted by atomic mass is 16.2. The first-order chi connectivity index (χ1) is 10.8. The summed E-state index contributed by atoms with van der Waals surface area (Å²) in [6.07, 6.45) is 4.07. The van der Waals surface area contributed by atoms with Gasteiger partial charge in [-0.1, -0.05) is 6.07 Å². The average Bonchev–Trinajstić information content (AvgIpc) is 3.27. The van der Waals surface area contributed by atoms with Crippen molar-refractivity contribution in [1.82, 2.24) is 25.0 Å². The zero-order valence-corrected chi connectivity index (χ0v) is 11.9. The number of carbonyl (C=O) groups excluding carboxylic acids is 1. The number of hydrogen-bond acceptors (Lipinski definition) is 5. The summed E-state index contributed by atoms with van der Waals surface area (Å²) in [7, 11) is 0. The smallest absolute Gasteiger partial charge is 0.273 e. The van der Waals surface area contributed by atoms with Gasteiger partial charge in [-0.15, -0.1) is 0 Å². The Morgan fingerprint density at radius 3 is 3.05 bits per heavy atom. The molecular formula is C15H14N6O. The van der Waals surface area contributed by atoms with Gasteiger partial charge in [0.2, 0.25) is 0 Å². The van der Waals surface area contributed by atoms with Gasteiger partial charge < -0.3 is 10.2 Å². The van der Waals surface area contributed by atoms with Crippen LogP contribution in [0.25, 0.3) is 5.82 Å². The van der Waals surface area contributed by atoms with Crippen molar-refractivity contribution in [2.24, 2.45) is 0 Å². The van der Waals surface area contributed by atoms with Gasteiger partial charge in [0.15, 0.2) is 5.82 Å². The lowest BCUT2D eigenvalue weighted by molar-refractivity contribution is 0.0713. The second-order valence-corrected chi connectivity index (χ2v) is 5.54. The van der Waals surface area contributed by atoms with Crippen LogP contribution in [0.4, 0.5) is 0 Å². The number of nitriles is 1. The van der Waals surface area contributed by atoms with Crippen molar-refractivity contribution < 1.29 is 4.79 Å². The van der Waals surface area contributed by atoms with Gasteiger partial charge in [0.1, 0.15) is 11.8 Å². The summed E-state index contributed by atoms with van der Waals surface area (Å²) in [6, 6.07) is 6.03. The number of fused-ring (bicyclic) bond motifs is 1. The Morgan fingerprint density at radius 1 is 1.41 bits per heavy atom. The molecule has 0 aliphatic carbocycles. The van der Waals surface area contributed by atoms with Crippen LogP contribution in [0.1, 0.15) is 28.0 Å². The largest absolute Gasteiger partial charge is 0.329 e. The summed E-state index contributed by atoms with van der Waals surface area (Å²) in [5.41, 5.74) is 1.92. The Morgan fingerprint density at radius 2 is 2.32 bits per heavy atom. The van der Waals surface area contributed by atoms with Gasteiger partial charge in [0, 0.05) is 24.7 Å². The monoisotopic (exact) mass is 294 g/mol. The number of pyridine rings is 1. The molecule has 2 aliphatic rings. The predicted molar refractivity (Wildman–Crippen MR) is 77.2 cm³/mol. The van der Waals surface area contributed by atoms with Crippen LogP contribution in [0.5, 0.6) is 0 Å². The first kappa shape index (κ1) is 13.0. The Kier molecular flexibility index (Phi) is 2.91. The maximum Gasteiger partial charge on any atom is 0.273 e. The molecule has 110 valence electrons. The first-order valence-corrected chi connectivity index (χ1v) is 7.23. The van der Waals surface area contributed by atoms with Gasteiger partial charge in [-0.25, -0.2) is 9.67 Å². The number of amides is 1. The zero-order chi connectivity index (χ0) is 15.1. The normalized spacial score (nSPS) is 20.2. The lowest BCUT2D eigenvalue weighted by Gasteiger charge is -2.22. The van der Waals surface area contributed by atoms with Crippen LogP contribution < -0.4 is 5.32 Å². The number of nitrogens with one attached hydrogen (secondary N) is 1. The number of carbonyl (C=O) groups is 1. The molecule has 0 saturated carbocycles. The average molecular weight is 294 g/mol. The SMILES string of the molecule is N#Cc1cnn(-c2ccc3c(n2)C(=O)N([C@@H]2CCNC2)C3)c1. The second-order valence-electron chi connectivity index (χ2n) is 5.54. The van der Waals surface area contributed by atoms with E-state index in [2.05, 4.69) is 15.4 Å². The van der Waals surface area contributed by atoms with Crippen molar-refractivity contribution >= 4 is 5.91 Å². The maximum absolute atomic E-state index is 12.6. The third-order valence-electron chi connectivity index (χ3n) is 4.19. The molecule has 0 bridgehead atoms. The van der Waals surface area contributed by atoms with Crippen LogP contribution in [-0.2, 0) is 6.54 Å². The van der Waals surface area contributed by atoms with E-state index in [1.165, 1.54) is 10.9 Å². The van der Waals surface area contributed by atoms with Crippen molar-refractivity contribution in [3.05, 3.63) is 41.3 Å². The third-order valence-corrected chi connectivity index (χ3v) is 4.19. The second kappa shape index (κ2) is 4.93. The number of hydrogen-bond donors (Lipinski definition) is 1. The molecule has 1 saturated heterocycles. The van der Waals surface area contributed by atoms with E-state index >= 15 is 0 Å². The van der Waals surface area contributed by atoms with E-state index in [0.717, 1.165) is 25.1 Å². The molecule has 2 aromatic rings. The number of aromatic nitrogens is 3. The van der Waals surface area contributed by atoms with Crippen LogP contribution in [0.2, 0.25) is 0 Å². The van der Waals surface area contributed by atoms with E-state index in [0.29, 0.717) is 23.6 Å².